The maximum Gasteiger partial charge on any atom is 0.287 e. The average molecular weight is 328 g/mol. The van der Waals surface area contributed by atoms with E-state index in [9.17, 15) is 4.79 Å². The van der Waals surface area contributed by atoms with Crippen molar-refractivity contribution < 1.29 is 4.42 Å². The predicted octanol–water partition coefficient (Wildman–Crippen LogP) is 1.91. The van der Waals surface area contributed by atoms with Crippen molar-refractivity contribution in [3.63, 3.8) is 0 Å². The summed E-state index contributed by atoms with van der Waals surface area (Å²) in [4.78, 5) is 17.3. The van der Waals surface area contributed by atoms with Crippen LogP contribution in [-0.2, 0) is 7.05 Å². The minimum atomic E-state index is -0.335. The summed E-state index contributed by atoms with van der Waals surface area (Å²) in [5.74, 6) is 0.137. The van der Waals surface area contributed by atoms with E-state index in [4.69, 9.17) is 16.6 Å². The number of fused-ring (bicyclic) bond motifs is 3. The molecule has 4 aromatic rings. The summed E-state index contributed by atoms with van der Waals surface area (Å²) in [6.45, 7) is 3.87. The molecular weight excluding hydrogens is 316 g/mol. The molecule has 116 valence electrons. The second-order valence-corrected chi connectivity index (χ2v) is 5.76. The summed E-state index contributed by atoms with van der Waals surface area (Å²) in [6.07, 6.45) is 1.66. The van der Waals surface area contributed by atoms with Crippen LogP contribution >= 0.6 is 12.2 Å². The highest BCUT2D eigenvalue weighted by Crippen LogP contribution is 2.23. The molecule has 4 heterocycles. The Labute approximate surface area is 134 Å². The van der Waals surface area contributed by atoms with E-state index in [2.05, 4.69) is 20.3 Å². The quantitative estimate of drug-likeness (QED) is 0.536. The number of nitrogens with zero attached hydrogens (tertiary/aromatic N) is 5. The van der Waals surface area contributed by atoms with Crippen LogP contribution in [0.1, 0.15) is 11.3 Å². The lowest BCUT2D eigenvalue weighted by Crippen LogP contribution is -2.19. The molecule has 0 aromatic carbocycles. The van der Waals surface area contributed by atoms with Gasteiger partial charge in [0.15, 0.2) is 5.65 Å². The Morgan fingerprint density at radius 3 is 2.83 bits per heavy atom. The molecule has 0 aliphatic heterocycles. The first-order chi connectivity index (χ1) is 11.0. The SMILES string of the molecule is Cc1cc(C)c2c(n1)nn1c(=O)c(-c3n[nH]c(=S)o3)cn(C)c21. The molecular formula is C14H12N6O2S. The average Bonchev–Trinajstić information content (AvgIpc) is 3.06. The standard InChI is InChI=1S/C14H12N6O2S/c1-6-4-7(2)15-10-9(6)12-19(3)5-8(13(21)20(12)18-10)11-16-17-14(23)22-11/h4-5H,1-3H3,(H,17,23). The number of aromatic nitrogens is 6. The number of pyridine rings is 1. The number of aryl methyl sites for hydroxylation is 3. The highest BCUT2D eigenvalue weighted by atomic mass is 32.1. The Morgan fingerprint density at radius 2 is 2.13 bits per heavy atom. The minimum Gasteiger partial charge on any atom is -0.409 e. The second-order valence-electron chi connectivity index (χ2n) is 5.39. The fourth-order valence-electron chi connectivity index (χ4n) is 2.80. The molecule has 23 heavy (non-hydrogen) atoms. The largest absolute Gasteiger partial charge is 0.409 e. The van der Waals surface area contributed by atoms with E-state index < -0.39 is 0 Å². The van der Waals surface area contributed by atoms with Crippen molar-refractivity contribution in [1.82, 2.24) is 29.4 Å². The van der Waals surface area contributed by atoms with Crippen LogP contribution in [-0.4, -0.2) is 29.4 Å². The maximum atomic E-state index is 12.8. The van der Waals surface area contributed by atoms with Crippen LogP contribution in [0.5, 0.6) is 0 Å². The van der Waals surface area contributed by atoms with E-state index in [1.807, 2.05) is 31.5 Å². The smallest absolute Gasteiger partial charge is 0.287 e. The topological polar surface area (TPSA) is 94.0 Å². The van der Waals surface area contributed by atoms with Crippen molar-refractivity contribution in [3.05, 3.63) is 38.7 Å². The number of H-pyrrole nitrogens is 1. The van der Waals surface area contributed by atoms with Crippen LogP contribution in [0.3, 0.4) is 0 Å². The van der Waals surface area contributed by atoms with Gasteiger partial charge in [-0.15, -0.1) is 10.2 Å². The van der Waals surface area contributed by atoms with Crippen molar-refractivity contribution in [3.8, 4) is 11.5 Å². The second kappa shape index (κ2) is 4.59. The monoisotopic (exact) mass is 328 g/mol. The summed E-state index contributed by atoms with van der Waals surface area (Å²) >= 11 is 4.86. The number of hydrogen-bond acceptors (Lipinski definition) is 6. The molecule has 1 N–H and O–H groups in total. The van der Waals surface area contributed by atoms with E-state index in [1.54, 1.807) is 6.20 Å². The molecule has 0 spiro atoms. The van der Waals surface area contributed by atoms with Gasteiger partial charge in [0, 0.05) is 18.9 Å². The van der Waals surface area contributed by atoms with Crippen LogP contribution in [0.25, 0.3) is 28.1 Å². The summed E-state index contributed by atoms with van der Waals surface area (Å²) in [5.41, 5.74) is 3.02. The number of hydrogen-bond donors (Lipinski definition) is 1. The number of nitrogens with one attached hydrogen (secondary N) is 1. The lowest BCUT2D eigenvalue weighted by molar-refractivity contribution is 0.550. The lowest BCUT2D eigenvalue weighted by atomic mass is 10.2. The molecule has 9 heteroatoms. The molecule has 0 unspecified atom stereocenters. The van der Waals surface area contributed by atoms with E-state index in [-0.39, 0.29) is 21.9 Å². The first-order valence-corrected chi connectivity index (χ1v) is 7.29. The van der Waals surface area contributed by atoms with Gasteiger partial charge in [0.05, 0.1) is 5.39 Å². The molecule has 0 bridgehead atoms. The molecule has 0 saturated heterocycles. The van der Waals surface area contributed by atoms with E-state index in [0.29, 0.717) is 11.3 Å². The molecule has 0 radical (unpaired) electrons. The van der Waals surface area contributed by atoms with Gasteiger partial charge in [0.1, 0.15) is 11.2 Å². The van der Waals surface area contributed by atoms with Crippen molar-refractivity contribution in [2.24, 2.45) is 7.05 Å². The van der Waals surface area contributed by atoms with Gasteiger partial charge in [-0.25, -0.2) is 10.1 Å². The molecule has 0 amide bonds. The first kappa shape index (κ1) is 13.8. The Morgan fingerprint density at radius 1 is 1.35 bits per heavy atom. The van der Waals surface area contributed by atoms with Gasteiger partial charge in [-0.2, -0.15) is 4.52 Å². The molecule has 0 atom stereocenters. The third kappa shape index (κ3) is 1.93. The fourth-order valence-corrected chi connectivity index (χ4v) is 2.92. The van der Waals surface area contributed by atoms with Crippen molar-refractivity contribution >= 4 is 28.9 Å². The zero-order valence-electron chi connectivity index (χ0n) is 12.6. The third-order valence-electron chi connectivity index (χ3n) is 3.69. The molecule has 8 nitrogen and oxygen atoms in total. The van der Waals surface area contributed by atoms with E-state index in [1.165, 1.54) is 4.52 Å². The maximum absolute atomic E-state index is 12.8. The normalized spacial score (nSPS) is 11.6. The van der Waals surface area contributed by atoms with Gasteiger partial charge in [-0.3, -0.25) is 4.79 Å². The highest BCUT2D eigenvalue weighted by molar-refractivity contribution is 7.71. The Bertz CT molecular complexity index is 1200. The predicted molar refractivity (Wildman–Crippen MR) is 85.9 cm³/mol. The Balaban J connectivity index is 2.18. The highest BCUT2D eigenvalue weighted by Gasteiger charge is 2.19. The van der Waals surface area contributed by atoms with Gasteiger partial charge in [-0.05, 0) is 37.7 Å². The van der Waals surface area contributed by atoms with E-state index >= 15 is 0 Å². The molecule has 0 saturated carbocycles. The van der Waals surface area contributed by atoms with Gasteiger partial charge in [-0.1, -0.05) is 0 Å². The van der Waals surface area contributed by atoms with E-state index in [0.717, 1.165) is 16.6 Å². The zero-order valence-corrected chi connectivity index (χ0v) is 13.4. The van der Waals surface area contributed by atoms with Crippen molar-refractivity contribution in [2.45, 2.75) is 13.8 Å². The van der Waals surface area contributed by atoms with Crippen LogP contribution in [0.4, 0.5) is 0 Å². The van der Waals surface area contributed by atoms with Gasteiger partial charge in [0.2, 0.25) is 0 Å². The minimum absolute atomic E-state index is 0.112. The number of rotatable bonds is 1. The van der Waals surface area contributed by atoms with Crippen LogP contribution < -0.4 is 5.56 Å². The zero-order chi connectivity index (χ0) is 16.3. The van der Waals surface area contributed by atoms with Crippen molar-refractivity contribution in [1.29, 1.82) is 0 Å². The van der Waals surface area contributed by atoms with Crippen LogP contribution in [0, 0.1) is 18.7 Å². The Hall–Kier alpha value is -2.81. The third-order valence-corrected chi connectivity index (χ3v) is 3.87. The summed E-state index contributed by atoms with van der Waals surface area (Å²) in [6, 6.07) is 1.97. The first-order valence-electron chi connectivity index (χ1n) is 6.88. The van der Waals surface area contributed by atoms with Gasteiger partial charge >= 0.3 is 0 Å². The number of aromatic amines is 1. The summed E-state index contributed by atoms with van der Waals surface area (Å²) in [5, 5.41) is 11.6. The molecule has 4 aromatic heterocycles. The summed E-state index contributed by atoms with van der Waals surface area (Å²) in [7, 11) is 1.83. The Kier molecular flexibility index (Phi) is 2.76. The molecule has 0 aliphatic carbocycles. The van der Waals surface area contributed by atoms with Crippen LogP contribution in [0.2, 0.25) is 0 Å². The molecule has 0 fully saturated rings. The lowest BCUT2D eigenvalue weighted by Gasteiger charge is -2.05. The van der Waals surface area contributed by atoms with Gasteiger partial charge < -0.3 is 8.98 Å². The summed E-state index contributed by atoms with van der Waals surface area (Å²) < 4.78 is 8.38. The molecule has 0 aliphatic rings. The van der Waals surface area contributed by atoms with Crippen molar-refractivity contribution in [2.75, 3.05) is 0 Å². The fraction of sp³-hybridized carbons (Fsp3) is 0.214. The van der Waals surface area contributed by atoms with Gasteiger partial charge in [0.25, 0.3) is 16.3 Å². The molecule has 4 rings (SSSR count). The van der Waals surface area contributed by atoms with Crippen LogP contribution in [0.15, 0.2) is 21.5 Å².